The molecule has 144 valence electrons. The van der Waals surface area contributed by atoms with Gasteiger partial charge in [0.2, 0.25) is 10.0 Å². The Balaban J connectivity index is 2.09. The van der Waals surface area contributed by atoms with Gasteiger partial charge in [0.05, 0.1) is 10.5 Å². The first kappa shape index (κ1) is 20.4. The van der Waals surface area contributed by atoms with E-state index in [-0.39, 0.29) is 29.0 Å². The highest BCUT2D eigenvalue weighted by Crippen LogP contribution is 2.25. The number of rotatable bonds is 7. The van der Waals surface area contributed by atoms with Gasteiger partial charge in [0.1, 0.15) is 0 Å². The minimum atomic E-state index is -3.66. The summed E-state index contributed by atoms with van der Waals surface area (Å²) in [6.45, 7) is 4.41. The van der Waals surface area contributed by atoms with E-state index in [1.165, 1.54) is 28.6 Å². The zero-order valence-electron chi connectivity index (χ0n) is 15.2. The highest BCUT2D eigenvalue weighted by atomic mass is 32.2. The van der Waals surface area contributed by atoms with Gasteiger partial charge < -0.3 is 10.1 Å². The Morgan fingerprint density at radius 1 is 1.31 bits per heavy atom. The minimum absolute atomic E-state index is 0.0633. The molecule has 26 heavy (non-hydrogen) atoms. The summed E-state index contributed by atoms with van der Waals surface area (Å²) in [6, 6.07) is 5.71. The maximum absolute atomic E-state index is 12.9. The molecular weight excluding hydrogens is 356 g/mol. The molecule has 0 aromatic heterocycles. The maximum Gasteiger partial charge on any atom is 0.338 e. The van der Waals surface area contributed by atoms with E-state index in [9.17, 15) is 18.0 Å². The van der Waals surface area contributed by atoms with E-state index in [2.05, 4.69) is 5.32 Å². The molecule has 1 aliphatic rings. The van der Waals surface area contributed by atoms with Crippen molar-refractivity contribution in [2.45, 2.75) is 50.5 Å². The van der Waals surface area contributed by atoms with Crippen LogP contribution < -0.4 is 5.32 Å². The molecule has 1 N–H and O–H groups in total. The van der Waals surface area contributed by atoms with Crippen LogP contribution in [0.3, 0.4) is 0 Å². The molecule has 0 spiro atoms. The molecule has 1 fully saturated rings. The second-order valence-electron chi connectivity index (χ2n) is 6.41. The fraction of sp³-hybridized carbons (Fsp3) is 0.556. The molecule has 7 nitrogen and oxygen atoms in total. The third-order valence-electron chi connectivity index (χ3n) is 4.32. The van der Waals surface area contributed by atoms with Crippen LogP contribution >= 0.6 is 0 Å². The Kier molecular flexibility index (Phi) is 7.16. The lowest BCUT2D eigenvalue weighted by Gasteiger charge is -2.32. The summed E-state index contributed by atoms with van der Waals surface area (Å²) in [4.78, 5) is 23.7. The second-order valence-corrected chi connectivity index (χ2v) is 8.31. The fourth-order valence-corrected chi connectivity index (χ4v) is 4.62. The Morgan fingerprint density at radius 3 is 2.77 bits per heavy atom. The number of carbonyl (C=O) groups is 2. The highest BCUT2D eigenvalue weighted by molar-refractivity contribution is 7.89. The zero-order chi connectivity index (χ0) is 19.2. The van der Waals surface area contributed by atoms with Crippen LogP contribution in [-0.2, 0) is 19.6 Å². The number of piperidine rings is 1. The van der Waals surface area contributed by atoms with Crippen LogP contribution in [-0.4, -0.2) is 50.3 Å². The number of esters is 1. The van der Waals surface area contributed by atoms with Gasteiger partial charge in [-0.1, -0.05) is 19.4 Å². The first-order chi connectivity index (χ1) is 12.4. The van der Waals surface area contributed by atoms with Crippen molar-refractivity contribution in [3.63, 3.8) is 0 Å². The highest BCUT2D eigenvalue weighted by Gasteiger charge is 2.31. The monoisotopic (exact) mass is 382 g/mol. The molecule has 1 aliphatic heterocycles. The second kappa shape index (κ2) is 9.14. The fourth-order valence-electron chi connectivity index (χ4n) is 2.88. The summed E-state index contributed by atoms with van der Waals surface area (Å²) in [7, 11) is -3.66. The molecule has 1 saturated heterocycles. The van der Waals surface area contributed by atoms with Gasteiger partial charge >= 0.3 is 5.97 Å². The largest absolute Gasteiger partial charge is 0.452 e. The van der Waals surface area contributed by atoms with E-state index in [1.54, 1.807) is 0 Å². The van der Waals surface area contributed by atoms with Gasteiger partial charge in [0.25, 0.3) is 5.91 Å². The van der Waals surface area contributed by atoms with Gasteiger partial charge in [-0.3, -0.25) is 4.79 Å². The maximum atomic E-state index is 12.9. The summed E-state index contributed by atoms with van der Waals surface area (Å²) in [5.41, 5.74) is 0.110. The van der Waals surface area contributed by atoms with Crippen LogP contribution in [0.4, 0.5) is 0 Å². The van der Waals surface area contributed by atoms with Gasteiger partial charge in [0.15, 0.2) is 6.61 Å². The molecule has 0 saturated carbocycles. The standard InChI is InChI=1S/C18H26N2O5S/c1-3-10-19-17(21)13-25-18(22)15-8-6-9-16(12-15)26(23,24)20-11-5-4-7-14(20)2/h6,8-9,12,14H,3-5,7,10-11,13H2,1-2H3,(H,19,21)/t14-/m0/s1. The van der Waals surface area contributed by atoms with Gasteiger partial charge in [-0.2, -0.15) is 4.31 Å². The molecule has 1 heterocycles. The van der Waals surface area contributed by atoms with Crippen molar-refractivity contribution in [2.24, 2.45) is 0 Å². The first-order valence-corrected chi connectivity index (χ1v) is 10.4. The van der Waals surface area contributed by atoms with Crippen molar-refractivity contribution in [1.82, 2.24) is 9.62 Å². The topological polar surface area (TPSA) is 92.8 Å². The predicted octanol–water partition coefficient (Wildman–Crippen LogP) is 1.93. The lowest BCUT2D eigenvalue weighted by atomic mass is 10.1. The van der Waals surface area contributed by atoms with Crippen LogP contribution in [0.2, 0.25) is 0 Å². The lowest BCUT2D eigenvalue weighted by Crippen LogP contribution is -2.41. The van der Waals surface area contributed by atoms with Gasteiger partial charge in [0, 0.05) is 19.1 Å². The van der Waals surface area contributed by atoms with Crippen molar-refractivity contribution in [3.05, 3.63) is 29.8 Å². The van der Waals surface area contributed by atoms with Gasteiger partial charge in [-0.15, -0.1) is 0 Å². The quantitative estimate of drug-likeness (QED) is 0.728. The van der Waals surface area contributed by atoms with Crippen LogP contribution in [0.25, 0.3) is 0 Å². The number of nitrogens with zero attached hydrogens (tertiary/aromatic N) is 1. The van der Waals surface area contributed by atoms with Crippen molar-refractivity contribution in [3.8, 4) is 0 Å². The van der Waals surface area contributed by atoms with E-state index in [1.807, 2.05) is 13.8 Å². The van der Waals surface area contributed by atoms with Gasteiger partial charge in [-0.25, -0.2) is 13.2 Å². The molecule has 1 aromatic carbocycles. The van der Waals surface area contributed by atoms with Crippen molar-refractivity contribution in [2.75, 3.05) is 19.7 Å². The third-order valence-corrected chi connectivity index (χ3v) is 6.33. The summed E-state index contributed by atoms with van der Waals surface area (Å²) in [5.74, 6) is -1.11. The molecule has 0 aliphatic carbocycles. The zero-order valence-corrected chi connectivity index (χ0v) is 16.0. The first-order valence-electron chi connectivity index (χ1n) is 8.92. The van der Waals surface area contributed by atoms with E-state index in [4.69, 9.17) is 4.74 Å². The molecule has 2 rings (SSSR count). The number of sulfonamides is 1. The average molecular weight is 382 g/mol. The Morgan fingerprint density at radius 2 is 2.08 bits per heavy atom. The van der Waals surface area contributed by atoms with Crippen molar-refractivity contribution >= 4 is 21.9 Å². The number of nitrogens with one attached hydrogen (secondary N) is 1. The molecular formula is C18H26N2O5S. The average Bonchev–Trinajstić information content (AvgIpc) is 2.64. The Labute approximate surface area is 154 Å². The van der Waals surface area contributed by atoms with Crippen LogP contribution in [0.5, 0.6) is 0 Å². The predicted molar refractivity (Wildman–Crippen MR) is 97.2 cm³/mol. The number of amides is 1. The smallest absolute Gasteiger partial charge is 0.338 e. The van der Waals surface area contributed by atoms with Crippen LogP contribution in [0.1, 0.15) is 49.9 Å². The Hall–Kier alpha value is -1.93. The molecule has 1 aromatic rings. The molecule has 0 bridgehead atoms. The number of carbonyl (C=O) groups excluding carboxylic acids is 2. The van der Waals surface area contributed by atoms with Crippen molar-refractivity contribution < 1.29 is 22.7 Å². The van der Waals surface area contributed by atoms with E-state index < -0.39 is 16.0 Å². The Bertz CT molecular complexity index is 748. The number of ether oxygens (including phenoxy) is 1. The van der Waals surface area contributed by atoms with Gasteiger partial charge in [-0.05, 0) is 44.4 Å². The molecule has 1 amide bonds. The van der Waals surface area contributed by atoms with Crippen LogP contribution in [0.15, 0.2) is 29.2 Å². The summed E-state index contributed by atoms with van der Waals surface area (Å²) in [5, 5.41) is 2.60. The van der Waals surface area contributed by atoms with E-state index in [0.717, 1.165) is 25.7 Å². The third kappa shape index (κ3) is 5.04. The summed E-state index contributed by atoms with van der Waals surface area (Å²) in [6.07, 6.45) is 3.46. The number of benzene rings is 1. The molecule has 1 atom stereocenters. The number of hydrogen-bond acceptors (Lipinski definition) is 5. The lowest BCUT2D eigenvalue weighted by molar-refractivity contribution is -0.124. The van der Waals surface area contributed by atoms with Crippen LogP contribution in [0, 0.1) is 0 Å². The molecule has 8 heteroatoms. The normalized spacial score (nSPS) is 18.3. The molecule has 0 radical (unpaired) electrons. The summed E-state index contributed by atoms with van der Waals surface area (Å²) < 4.78 is 32.2. The van der Waals surface area contributed by atoms with Crippen molar-refractivity contribution in [1.29, 1.82) is 0 Å². The number of hydrogen-bond donors (Lipinski definition) is 1. The SMILES string of the molecule is CCCNC(=O)COC(=O)c1cccc(S(=O)(=O)N2CCCC[C@@H]2C)c1. The van der Waals surface area contributed by atoms with E-state index in [0.29, 0.717) is 13.1 Å². The molecule has 0 unspecified atom stereocenters. The minimum Gasteiger partial charge on any atom is -0.452 e. The van der Waals surface area contributed by atoms with E-state index >= 15 is 0 Å². The summed E-state index contributed by atoms with van der Waals surface area (Å²) >= 11 is 0.